The van der Waals surface area contributed by atoms with Crippen LogP contribution in [0.25, 0.3) is 0 Å². The number of amides is 1. The average Bonchev–Trinajstić information content (AvgIpc) is 2.78. The third-order valence-corrected chi connectivity index (χ3v) is 7.35. The number of hydrogen-bond acceptors (Lipinski definition) is 5. The van der Waals surface area contributed by atoms with Crippen LogP contribution in [0.4, 0.5) is 5.69 Å². The van der Waals surface area contributed by atoms with Gasteiger partial charge in [-0.05, 0) is 60.9 Å². The molecule has 0 unspecified atom stereocenters. The molecule has 1 aromatic heterocycles. The van der Waals surface area contributed by atoms with Gasteiger partial charge in [0.05, 0.1) is 4.90 Å². The molecule has 0 saturated carbocycles. The number of carbonyl (C=O) groups excluding carboxylic acids is 1. The van der Waals surface area contributed by atoms with Gasteiger partial charge in [-0.1, -0.05) is 37.6 Å². The van der Waals surface area contributed by atoms with Crippen LogP contribution in [0, 0.1) is 12.8 Å². The molecule has 3 rings (SSSR count). The molecule has 8 heteroatoms. The molecule has 2 N–H and O–H groups in total. The molecule has 0 bridgehead atoms. The highest BCUT2D eigenvalue weighted by Crippen LogP contribution is 2.24. The lowest BCUT2D eigenvalue weighted by atomic mass is 10.0. The number of aromatic nitrogens is 1. The van der Waals surface area contributed by atoms with Crippen molar-refractivity contribution < 1.29 is 13.2 Å². The quantitative estimate of drug-likeness (QED) is 0.446. The zero-order chi connectivity index (χ0) is 23.1. The van der Waals surface area contributed by atoms with Crippen molar-refractivity contribution in [3.05, 3.63) is 84.2 Å². The predicted molar refractivity (Wildman–Crippen MR) is 129 cm³/mol. The summed E-state index contributed by atoms with van der Waals surface area (Å²) < 4.78 is 28.0. The number of thioether (sulfide) groups is 1. The number of sulfonamides is 1. The van der Waals surface area contributed by atoms with Gasteiger partial charge in [-0.2, -0.15) is 4.72 Å². The number of rotatable bonds is 9. The number of hydrogen-bond donors (Lipinski definition) is 2. The summed E-state index contributed by atoms with van der Waals surface area (Å²) in [6, 6.07) is 17.1. The van der Waals surface area contributed by atoms with E-state index in [0.29, 0.717) is 5.69 Å². The van der Waals surface area contributed by atoms with Gasteiger partial charge in [0, 0.05) is 28.7 Å². The fourth-order valence-corrected chi connectivity index (χ4v) is 5.13. The summed E-state index contributed by atoms with van der Waals surface area (Å²) in [4.78, 5) is 18.2. The van der Waals surface area contributed by atoms with Crippen LogP contribution in [0.3, 0.4) is 0 Å². The first-order chi connectivity index (χ1) is 15.2. The molecule has 0 aliphatic carbocycles. The van der Waals surface area contributed by atoms with Gasteiger partial charge in [0.25, 0.3) is 0 Å². The molecular formula is C24H27N3O3S2. The van der Waals surface area contributed by atoms with E-state index in [1.54, 1.807) is 43.9 Å². The molecule has 0 saturated heterocycles. The summed E-state index contributed by atoms with van der Waals surface area (Å²) >= 11 is 1.67. The second kappa shape index (κ2) is 10.8. The molecule has 168 valence electrons. The zero-order valence-corrected chi connectivity index (χ0v) is 19.9. The highest BCUT2D eigenvalue weighted by molar-refractivity contribution is 7.98. The average molecular weight is 470 g/mol. The van der Waals surface area contributed by atoms with E-state index >= 15 is 0 Å². The molecule has 1 heterocycles. The number of benzene rings is 2. The molecule has 32 heavy (non-hydrogen) atoms. The van der Waals surface area contributed by atoms with Crippen molar-refractivity contribution >= 4 is 33.4 Å². The van der Waals surface area contributed by atoms with Gasteiger partial charge in [0.15, 0.2) is 0 Å². The molecule has 1 amide bonds. The van der Waals surface area contributed by atoms with Gasteiger partial charge < -0.3 is 5.32 Å². The standard InChI is InChI=1S/C24H27N3O3S2/c1-17(2)23(27-32(29,30)22-12-6-18(3)7-13-22)24(28)26-20-8-10-21(11-9-20)31-16-19-5-4-14-25-15-19/h4-15,17,23,27H,16H2,1-3H3,(H,26,28)/t23-/m0/s1. The predicted octanol–water partition coefficient (Wildman–Crippen LogP) is 4.62. The number of nitrogens with zero attached hydrogens (tertiary/aromatic N) is 1. The lowest BCUT2D eigenvalue weighted by Crippen LogP contribution is -2.47. The second-order valence-corrected chi connectivity index (χ2v) is 10.6. The van der Waals surface area contributed by atoms with E-state index < -0.39 is 22.0 Å². The molecular weight excluding hydrogens is 442 g/mol. The maximum atomic E-state index is 12.9. The van der Waals surface area contributed by atoms with Gasteiger partial charge >= 0.3 is 0 Å². The highest BCUT2D eigenvalue weighted by atomic mass is 32.2. The van der Waals surface area contributed by atoms with Gasteiger partial charge in [0.1, 0.15) is 6.04 Å². The van der Waals surface area contributed by atoms with Crippen LogP contribution in [0.2, 0.25) is 0 Å². The molecule has 2 aromatic carbocycles. The van der Waals surface area contributed by atoms with Crippen LogP contribution in [-0.2, 0) is 20.6 Å². The normalized spacial score (nSPS) is 12.5. The number of carbonyl (C=O) groups is 1. The Morgan fingerprint density at radius 3 is 2.31 bits per heavy atom. The van der Waals surface area contributed by atoms with E-state index in [1.807, 2.05) is 49.5 Å². The monoisotopic (exact) mass is 469 g/mol. The Kier molecular flexibility index (Phi) is 8.06. The van der Waals surface area contributed by atoms with Gasteiger partial charge in [-0.3, -0.25) is 9.78 Å². The maximum absolute atomic E-state index is 12.9. The summed E-state index contributed by atoms with van der Waals surface area (Å²) in [6.07, 6.45) is 3.59. The SMILES string of the molecule is Cc1ccc(S(=O)(=O)N[C@H](C(=O)Nc2ccc(SCc3cccnc3)cc2)C(C)C)cc1. The second-order valence-electron chi connectivity index (χ2n) is 7.82. The zero-order valence-electron chi connectivity index (χ0n) is 18.3. The first-order valence-electron chi connectivity index (χ1n) is 10.3. The molecule has 1 atom stereocenters. The van der Waals surface area contributed by atoms with E-state index in [4.69, 9.17) is 0 Å². The van der Waals surface area contributed by atoms with Crippen molar-refractivity contribution in [3.63, 3.8) is 0 Å². The Balaban J connectivity index is 1.63. The molecule has 6 nitrogen and oxygen atoms in total. The maximum Gasteiger partial charge on any atom is 0.242 e. The van der Waals surface area contributed by atoms with Gasteiger partial charge in [0.2, 0.25) is 15.9 Å². The lowest BCUT2D eigenvalue weighted by molar-refractivity contribution is -0.118. The van der Waals surface area contributed by atoms with Crippen molar-refractivity contribution in [2.24, 2.45) is 5.92 Å². The summed E-state index contributed by atoms with van der Waals surface area (Å²) in [5, 5.41) is 2.82. The molecule has 0 radical (unpaired) electrons. The van der Waals surface area contributed by atoms with Crippen molar-refractivity contribution in [1.29, 1.82) is 0 Å². The molecule has 0 aliphatic heterocycles. The highest BCUT2D eigenvalue weighted by Gasteiger charge is 2.28. The lowest BCUT2D eigenvalue weighted by Gasteiger charge is -2.22. The Labute approximate surface area is 193 Å². The third-order valence-electron chi connectivity index (χ3n) is 4.81. The van der Waals surface area contributed by atoms with Crippen LogP contribution >= 0.6 is 11.8 Å². The van der Waals surface area contributed by atoms with E-state index in [1.165, 1.54) is 12.1 Å². The number of anilines is 1. The van der Waals surface area contributed by atoms with Crippen molar-refractivity contribution in [3.8, 4) is 0 Å². The Hall–Kier alpha value is -2.68. The smallest absolute Gasteiger partial charge is 0.242 e. The van der Waals surface area contributed by atoms with Crippen LogP contribution in [-0.4, -0.2) is 25.4 Å². The molecule has 0 fully saturated rings. The van der Waals surface area contributed by atoms with Crippen LogP contribution in [0.1, 0.15) is 25.0 Å². The minimum atomic E-state index is -3.82. The fourth-order valence-electron chi connectivity index (χ4n) is 2.95. The van der Waals surface area contributed by atoms with Gasteiger partial charge in [-0.15, -0.1) is 11.8 Å². The van der Waals surface area contributed by atoms with Crippen molar-refractivity contribution in [2.75, 3.05) is 5.32 Å². The van der Waals surface area contributed by atoms with Gasteiger partial charge in [-0.25, -0.2) is 8.42 Å². The van der Waals surface area contributed by atoms with E-state index in [9.17, 15) is 13.2 Å². The van der Waals surface area contributed by atoms with Crippen LogP contribution in [0.15, 0.2) is 82.8 Å². The van der Waals surface area contributed by atoms with Crippen molar-refractivity contribution in [1.82, 2.24) is 9.71 Å². The minimum Gasteiger partial charge on any atom is -0.325 e. The molecule has 3 aromatic rings. The van der Waals surface area contributed by atoms with Crippen LogP contribution < -0.4 is 10.0 Å². The summed E-state index contributed by atoms with van der Waals surface area (Å²) in [6.45, 7) is 5.50. The first-order valence-corrected chi connectivity index (χ1v) is 12.7. The van der Waals surface area contributed by atoms with E-state index in [0.717, 1.165) is 21.8 Å². The number of nitrogens with one attached hydrogen (secondary N) is 2. The topological polar surface area (TPSA) is 88.2 Å². The van der Waals surface area contributed by atoms with Crippen LogP contribution in [0.5, 0.6) is 0 Å². The van der Waals surface area contributed by atoms with E-state index in [2.05, 4.69) is 15.0 Å². The number of aryl methyl sites for hydroxylation is 1. The summed E-state index contributed by atoms with van der Waals surface area (Å²) in [5.74, 6) is 0.173. The Morgan fingerprint density at radius 1 is 1.03 bits per heavy atom. The molecule has 0 aliphatic rings. The number of pyridine rings is 1. The minimum absolute atomic E-state index is 0.136. The fraction of sp³-hybridized carbons (Fsp3) is 0.250. The first kappa shape index (κ1) is 24.0. The Morgan fingerprint density at radius 2 is 1.72 bits per heavy atom. The summed E-state index contributed by atoms with van der Waals surface area (Å²) in [7, 11) is -3.82. The van der Waals surface area contributed by atoms with E-state index in [-0.39, 0.29) is 10.8 Å². The van der Waals surface area contributed by atoms with Crippen molar-refractivity contribution in [2.45, 2.75) is 42.4 Å². The molecule has 0 spiro atoms. The summed E-state index contributed by atoms with van der Waals surface area (Å²) in [5.41, 5.74) is 2.71. The largest absolute Gasteiger partial charge is 0.325 e. The third kappa shape index (κ3) is 6.66. The Bertz CT molecular complexity index is 1130.